The molecular weight excluding hydrogens is 206 g/mol. The maximum atomic E-state index is 13.0. The van der Waals surface area contributed by atoms with Gasteiger partial charge in [-0.2, -0.15) is 4.39 Å². The fourth-order valence-electron chi connectivity index (χ4n) is 0.911. The standard InChI is InChI=1S/C9H10F2N2O2/c10-6-2-1-3-7(9(6)11)15-5-4-8(12)13-14/h1-3,14H,4-5H2,(H2,12,13). The Hall–Kier alpha value is -1.85. The predicted octanol–water partition coefficient (Wildman–Crippen LogP) is 1.48. The van der Waals surface area contributed by atoms with Gasteiger partial charge in [0.05, 0.1) is 6.61 Å². The average molecular weight is 216 g/mol. The van der Waals surface area contributed by atoms with Gasteiger partial charge in [-0.25, -0.2) is 4.39 Å². The summed E-state index contributed by atoms with van der Waals surface area (Å²) in [6, 6.07) is 3.62. The molecule has 1 aromatic rings. The Bertz CT molecular complexity index is 369. The number of oxime groups is 1. The van der Waals surface area contributed by atoms with E-state index in [1.54, 1.807) is 0 Å². The first-order valence-corrected chi connectivity index (χ1v) is 4.18. The van der Waals surface area contributed by atoms with E-state index in [0.29, 0.717) is 0 Å². The van der Waals surface area contributed by atoms with Crippen LogP contribution in [0.3, 0.4) is 0 Å². The summed E-state index contributed by atoms with van der Waals surface area (Å²) in [6.45, 7) is 0.0102. The van der Waals surface area contributed by atoms with Crippen LogP contribution in [0.15, 0.2) is 23.4 Å². The Kier molecular flexibility index (Phi) is 3.84. The van der Waals surface area contributed by atoms with Crippen LogP contribution in [-0.4, -0.2) is 17.6 Å². The van der Waals surface area contributed by atoms with Gasteiger partial charge in [0.1, 0.15) is 5.84 Å². The summed E-state index contributed by atoms with van der Waals surface area (Å²) in [5.41, 5.74) is 5.16. The van der Waals surface area contributed by atoms with Crippen LogP contribution >= 0.6 is 0 Å². The van der Waals surface area contributed by atoms with Gasteiger partial charge >= 0.3 is 0 Å². The zero-order valence-electron chi connectivity index (χ0n) is 7.78. The molecule has 0 saturated carbocycles. The minimum absolute atomic E-state index is 0.0102. The van der Waals surface area contributed by atoms with Crippen molar-refractivity contribution in [2.75, 3.05) is 6.61 Å². The smallest absolute Gasteiger partial charge is 0.200 e. The molecule has 1 aromatic carbocycles. The highest BCUT2D eigenvalue weighted by Crippen LogP contribution is 2.18. The van der Waals surface area contributed by atoms with Gasteiger partial charge in [-0.15, -0.1) is 0 Å². The Labute approximate surface area is 85.0 Å². The molecule has 0 bridgehead atoms. The maximum Gasteiger partial charge on any atom is 0.200 e. The van der Waals surface area contributed by atoms with Crippen LogP contribution in [0.5, 0.6) is 5.75 Å². The monoisotopic (exact) mass is 216 g/mol. The molecule has 0 radical (unpaired) electrons. The number of nitrogens with two attached hydrogens (primary N) is 1. The second-order valence-corrected chi connectivity index (χ2v) is 2.74. The summed E-state index contributed by atoms with van der Waals surface area (Å²) in [5.74, 6) is -2.25. The number of hydrogen-bond donors (Lipinski definition) is 2. The molecule has 0 fully saturated rings. The molecule has 0 aliphatic heterocycles. The van der Waals surface area contributed by atoms with Crippen molar-refractivity contribution < 1.29 is 18.7 Å². The number of halogens is 2. The zero-order valence-corrected chi connectivity index (χ0v) is 7.78. The van der Waals surface area contributed by atoms with Gasteiger partial charge in [0.25, 0.3) is 0 Å². The summed E-state index contributed by atoms with van der Waals surface area (Å²) >= 11 is 0. The maximum absolute atomic E-state index is 13.0. The molecule has 3 N–H and O–H groups in total. The third-order valence-corrected chi connectivity index (χ3v) is 1.66. The van der Waals surface area contributed by atoms with E-state index in [9.17, 15) is 8.78 Å². The number of amidine groups is 1. The van der Waals surface area contributed by atoms with Crippen LogP contribution in [-0.2, 0) is 0 Å². The van der Waals surface area contributed by atoms with E-state index in [-0.39, 0.29) is 24.6 Å². The predicted molar refractivity (Wildman–Crippen MR) is 49.9 cm³/mol. The van der Waals surface area contributed by atoms with Crippen molar-refractivity contribution >= 4 is 5.84 Å². The van der Waals surface area contributed by atoms with Crippen molar-refractivity contribution in [2.24, 2.45) is 10.9 Å². The lowest BCUT2D eigenvalue weighted by Crippen LogP contribution is -2.15. The summed E-state index contributed by atoms with van der Waals surface area (Å²) < 4.78 is 30.6. The van der Waals surface area contributed by atoms with Crippen molar-refractivity contribution in [3.63, 3.8) is 0 Å². The average Bonchev–Trinajstić information content (AvgIpc) is 2.24. The number of ether oxygens (including phenoxy) is 1. The number of benzene rings is 1. The quantitative estimate of drug-likeness (QED) is 0.346. The first-order valence-electron chi connectivity index (χ1n) is 4.18. The minimum atomic E-state index is -1.04. The van der Waals surface area contributed by atoms with Gasteiger partial charge in [-0.1, -0.05) is 11.2 Å². The first kappa shape index (κ1) is 11.2. The molecule has 0 spiro atoms. The molecule has 0 aromatic heterocycles. The molecule has 15 heavy (non-hydrogen) atoms. The third-order valence-electron chi connectivity index (χ3n) is 1.66. The molecule has 0 unspecified atom stereocenters. The zero-order chi connectivity index (χ0) is 11.3. The largest absolute Gasteiger partial charge is 0.490 e. The van der Waals surface area contributed by atoms with E-state index in [0.717, 1.165) is 6.07 Å². The lowest BCUT2D eigenvalue weighted by Gasteiger charge is -2.06. The lowest BCUT2D eigenvalue weighted by atomic mass is 10.3. The summed E-state index contributed by atoms with van der Waals surface area (Å²) in [7, 11) is 0. The molecule has 1 rings (SSSR count). The molecule has 82 valence electrons. The highest BCUT2D eigenvalue weighted by atomic mass is 19.2. The molecular formula is C9H10F2N2O2. The fourth-order valence-corrected chi connectivity index (χ4v) is 0.911. The molecule has 0 heterocycles. The van der Waals surface area contributed by atoms with Crippen LogP contribution in [0.4, 0.5) is 8.78 Å². The van der Waals surface area contributed by atoms with Crippen molar-refractivity contribution in [3.8, 4) is 5.75 Å². The van der Waals surface area contributed by atoms with Gasteiger partial charge in [-0.05, 0) is 12.1 Å². The van der Waals surface area contributed by atoms with Crippen LogP contribution in [0, 0.1) is 11.6 Å². The van der Waals surface area contributed by atoms with Crippen LogP contribution in [0.2, 0.25) is 0 Å². The van der Waals surface area contributed by atoms with E-state index in [2.05, 4.69) is 5.16 Å². The van der Waals surface area contributed by atoms with Gasteiger partial charge in [0, 0.05) is 6.42 Å². The SMILES string of the molecule is NC(CCOc1cccc(F)c1F)=NO. The van der Waals surface area contributed by atoms with Crippen molar-refractivity contribution in [1.82, 2.24) is 0 Å². The van der Waals surface area contributed by atoms with Crippen LogP contribution in [0.1, 0.15) is 6.42 Å². The van der Waals surface area contributed by atoms with Gasteiger partial charge in [-0.3, -0.25) is 0 Å². The van der Waals surface area contributed by atoms with Crippen molar-refractivity contribution in [2.45, 2.75) is 6.42 Å². The molecule has 0 aliphatic carbocycles. The second kappa shape index (κ2) is 5.14. The first-order chi connectivity index (χ1) is 7.15. The molecule has 0 saturated heterocycles. The molecule has 0 atom stereocenters. The molecule has 4 nitrogen and oxygen atoms in total. The van der Waals surface area contributed by atoms with Gasteiger partial charge in [0.15, 0.2) is 11.6 Å². The van der Waals surface area contributed by atoms with Crippen molar-refractivity contribution in [1.29, 1.82) is 0 Å². The van der Waals surface area contributed by atoms with Crippen molar-refractivity contribution in [3.05, 3.63) is 29.8 Å². The normalized spacial score (nSPS) is 11.5. The summed E-state index contributed by atoms with van der Waals surface area (Å²) in [6.07, 6.45) is 0.131. The lowest BCUT2D eigenvalue weighted by molar-refractivity contribution is 0.294. The summed E-state index contributed by atoms with van der Waals surface area (Å²) in [5, 5.41) is 10.9. The van der Waals surface area contributed by atoms with Gasteiger partial charge < -0.3 is 15.7 Å². The van der Waals surface area contributed by atoms with E-state index in [4.69, 9.17) is 15.7 Å². The number of nitrogens with zero attached hydrogens (tertiary/aromatic N) is 1. The van der Waals surface area contributed by atoms with E-state index in [1.165, 1.54) is 12.1 Å². The minimum Gasteiger partial charge on any atom is -0.490 e. The number of rotatable bonds is 4. The Morgan fingerprint density at radius 3 is 2.87 bits per heavy atom. The Morgan fingerprint density at radius 1 is 1.47 bits per heavy atom. The molecule has 0 aliphatic rings. The topological polar surface area (TPSA) is 67.8 Å². The highest BCUT2D eigenvalue weighted by Gasteiger charge is 2.08. The van der Waals surface area contributed by atoms with E-state index < -0.39 is 11.6 Å². The van der Waals surface area contributed by atoms with E-state index in [1.807, 2.05) is 0 Å². The second-order valence-electron chi connectivity index (χ2n) is 2.74. The van der Waals surface area contributed by atoms with Crippen LogP contribution in [0.25, 0.3) is 0 Å². The Morgan fingerprint density at radius 2 is 2.20 bits per heavy atom. The third kappa shape index (κ3) is 3.08. The molecule has 0 amide bonds. The van der Waals surface area contributed by atoms with Gasteiger partial charge in [0.2, 0.25) is 5.82 Å². The Balaban J connectivity index is 2.55. The highest BCUT2D eigenvalue weighted by molar-refractivity contribution is 5.79. The van der Waals surface area contributed by atoms with E-state index >= 15 is 0 Å². The number of hydrogen-bond acceptors (Lipinski definition) is 3. The summed E-state index contributed by atoms with van der Waals surface area (Å²) in [4.78, 5) is 0. The van der Waals surface area contributed by atoms with Crippen LogP contribution < -0.4 is 10.5 Å². The molecule has 6 heteroatoms. The fraction of sp³-hybridized carbons (Fsp3) is 0.222.